The van der Waals surface area contributed by atoms with Gasteiger partial charge < -0.3 is 9.47 Å². The van der Waals surface area contributed by atoms with Crippen LogP contribution in [-0.4, -0.2) is 42.5 Å². The third-order valence-electron chi connectivity index (χ3n) is 7.34. The SMILES string of the molecule is FC(F)(F)c1ccc(OC2(C3OC3NCCc3ccccc3)CCCN(Cc3cccc(C(F)(F)F)c3)C2)cc1. The summed E-state index contributed by atoms with van der Waals surface area (Å²) in [6.07, 6.45) is -7.49. The normalized spacial score (nSPS) is 23.6. The van der Waals surface area contributed by atoms with E-state index in [2.05, 4.69) is 5.32 Å². The molecule has 0 bridgehead atoms. The van der Waals surface area contributed by atoms with Gasteiger partial charge in [0.25, 0.3) is 0 Å². The van der Waals surface area contributed by atoms with Crippen LogP contribution < -0.4 is 10.1 Å². The predicted molar refractivity (Wildman–Crippen MR) is 138 cm³/mol. The topological polar surface area (TPSA) is 37.0 Å². The lowest BCUT2D eigenvalue weighted by Crippen LogP contribution is -2.56. The first kappa shape index (κ1) is 28.4. The summed E-state index contributed by atoms with van der Waals surface area (Å²) < 4.78 is 91.5. The predicted octanol–water partition coefficient (Wildman–Crippen LogP) is 6.70. The Balaban J connectivity index is 1.31. The Labute approximate surface area is 228 Å². The standard InChI is InChI=1S/C30H30F6N2O2/c31-29(32,33)23-10-12-25(13-11-23)40-28(26-27(39-26)37-16-14-21-6-2-1-3-7-21)15-5-17-38(20-28)19-22-8-4-9-24(18-22)30(34,35)36/h1-4,6-13,18,26-27,37H,5,14-17,19-20H2. The monoisotopic (exact) mass is 564 g/mol. The molecule has 2 saturated heterocycles. The van der Waals surface area contributed by atoms with Gasteiger partial charge in [0, 0.05) is 19.6 Å². The van der Waals surface area contributed by atoms with Crippen molar-refractivity contribution in [2.45, 2.75) is 56.1 Å². The van der Waals surface area contributed by atoms with E-state index in [1.54, 1.807) is 6.07 Å². The van der Waals surface area contributed by atoms with Crippen LogP contribution >= 0.6 is 0 Å². The molecule has 5 rings (SSSR count). The van der Waals surface area contributed by atoms with Crippen molar-refractivity contribution in [2.75, 3.05) is 19.6 Å². The molecule has 214 valence electrons. The summed E-state index contributed by atoms with van der Waals surface area (Å²) in [6.45, 7) is 1.94. The van der Waals surface area contributed by atoms with E-state index in [-0.39, 0.29) is 24.6 Å². The lowest BCUT2D eigenvalue weighted by Gasteiger charge is -2.42. The van der Waals surface area contributed by atoms with Gasteiger partial charge in [0.05, 0.1) is 11.1 Å². The fourth-order valence-corrected chi connectivity index (χ4v) is 5.37. The first-order valence-corrected chi connectivity index (χ1v) is 13.2. The van der Waals surface area contributed by atoms with E-state index in [9.17, 15) is 26.3 Å². The smallest absolute Gasteiger partial charge is 0.416 e. The first-order valence-electron chi connectivity index (χ1n) is 13.2. The van der Waals surface area contributed by atoms with Gasteiger partial charge in [-0.3, -0.25) is 10.2 Å². The maximum atomic E-state index is 13.3. The third-order valence-corrected chi connectivity index (χ3v) is 7.34. The number of benzene rings is 3. The van der Waals surface area contributed by atoms with E-state index >= 15 is 0 Å². The molecular formula is C30H30F6N2O2. The fraction of sp³-hybridized carbons (Fsp3) is 0.400. The van der Waals surface area contributed by atoms with Crippen LogP contribution in [0.15, 0.2) is 78.9 Å². The number of likely N-dealkylation sites (tertiary alicyclic amines) is 1. The van der Waals surface area contributed by atoms with Crippen molar-refractivity contribution in [3.8, 4) is 5.75 Å². The van der Waals surface area contributed by atoms with Crippen molar-refractivity contribution in [1.29, 1.82) is 0 Å². The first-order chi connectivity index (χ1) is 19.0. The molecule has 3 unspecified atom stereocenters. The van der Waals surface area contributed by atoms with Crippen molar-refractivity contribution < 1.29 is 35.8 Å². The number of ether oxygens (including phenoxy) is 2. The second-order valence-electron chi connectivity index (χ2n) is 10.4. The largest absolute Gasteiger partial charge is 0.483 e. The molecule has 1 N–H and O–H groups in total. The molecule has 0 aromatic heterocycles. The fourth-order valence-electron chi connectivity index (χ4n) is 5.37. The Hall–Kier alpha value is -3.08. The zero-order chi connectivity index (χ0) is 28.4. The molecule has 2 aliphatic heterocycles. The van der Waals surface area contributed by atoms with Crippen LogP contribution in [0.3, 0.4) is 0 Å². The molecule has 3 aromatic carbocycles. The molecule has 3 aromatic rings. The van der Waals surface area contributed by atoms with Crippen LogP contribution in [0.1, 0.15) is 35.1 Å². The highest BCUT2D eigenvalue weighted by molar-refractivity contribution is 5.30. The highest BCUT2D eigenvalue weighted by atomic mass is 19.4. The summed E-state index contributed by atoms with van der Waals surface area (Å²) in [4.78, 5) is 2.02. The molecule has 0 spiro atoms. The van der Waals surface area contributed by atoms with Crippen LogP contribution in [0.25, 0.3) is 0 Å². The molecule has 2 fully saturated rings. The van der Waals surface area contributed by atoms with Crippen LogP contribution in [0.4, 0.5) is 26.3 Å². The van der Waals surface area contributed by atoms with Gasteiger partial charge in [-0.1, -0.05) is 48.5 Å². The molecule has 0 amide bonds. The van der Waals surface area contributed by atoms with Gasteiger partial charge in [0.15, 0.2) is 5.60 Å². The Kier molecular flexibility index (Phi) is 8.13. The van der Waals surface area contributed by atoms with Gasteiger partial charge >= 0.3 is 12.4 Å². The molecule has 0 saturated carbocycles. The molecule has 0 aliphatic carbocycles. The Morgan fingerprint density at radius 2 is 1.55 bits per heavy atom. The lowest BCUT2D eigenvalue weighted by molar-refractivity contribution is -0.138. The summed E-state index contributed by atoms with van der Waals surface area (Å²) in [5.74, 6) is 0.285. The summed E-state index contributed by atoms with van der Waals surface area (Å²) in [5, 5.41) is 3.39. The van der Waals surface area contributed by atoms with E-state index in [0.717, 1.165) is 30.7 Å². The highest BCUT2D eigenvalue weighted by Crippen LogP contribution is 2.42. The second kappa shape index (κ2) is 11.4. The Morgan fingerprint density at radius 1 is 0.850 bits per heavy atom. The summed E-state index contributed by atoms with van der Waals surface area (Å²) in [5.41, 5.74) is -0.666. The molecule has 2 heterocycles. The number of nitrogens with zero attached hydrogens (tertiary/aromatic N) is 1. The van der Waals surface area contributed by atoms with Crippen molar-refractivity contribution in [3.63, 3.8) is 0 Å². The molecule has 40 heavy (non-hydrogen) atoms. The maximum absolute atomic E-state index is 13.3. The van der Waals surface area contributed by atoms with E-state index in [4.69, 9.17) is 9.47 Å². The van der Waals surface area contributed by atoms with E-state index in [0.29, 0.717) is 38.0 Å². The minimum atomic E-state index is -4.46. The number of halogens is 6. The highest BCUT2D eigenvalue weighted by Gasteiger charge is 2.58. The summed E-state index contributed by atoms with van der Waals surface area (Å²) >= 11 is 0. The maximum Gasteiger partial charge on any atom is 0.416 e. The number of piperidine rings is 1. The van der Waals surface area contributed by atoms with Gasteiger partial charge in [-0.2, -0.15) is 26.3 Å². The van der Waals surface area contributed by atoms with Gasteiger partial charge in [-0.05, 0) is 67.3 Å². The molecule has 10 heteroatoms. The van der Waals surface area contributed by atoms with Gasteiger partial charge in [-0.25, -0.2) is 0 Å². The van der Waals surface area contributed by atoms with Gasteiger partial charge in [0.2, 0.25) is 0 Å². The number of epoxide rings is 1. The Bertz CT molecular complexity index is 1270. The van der Waals surface area contributed by atoms with Crippen LogP contribution in [-0.2, 0) is 30.1 Å². The zero-order valence-corrected chi connectivity index (χ0v) is 21.6. The Morgan fingerprint density at radius 3 is 2.25 bits per heavy atom. The average molecular weight is 565 g/mol. The van der Waals surface area contributed by atoms with Crippen LogP contribution in [0.5, 0.6) is 5.75 Å². The molecule has 2 aliphatic rings. The number of nitrogens with one attached hydrogen (secondary N) is 1. The van der Waals surface area contributed by atoms with E-state index in [1.807, 2.05) is 35.2 Å². The van der Waals surface area contributed by atoms with Crippen LogP contribution in [0.2, 0.25) is 0 Å². The average Bonchev–Trinajstić information content (AvgIpc) is 3.70. The minimum absolute atomic E-state index is 0.279. The quantitative estimate of drug-likeness (QED) is 0.232. The second-order valence-corrected chi connectivity index (χ2v) is 10.4. The van der Waals surface area contributed by atoms with Crippen LogP contribution in [0, 0.1) is 0 Å². The van der Waals surface area contributed by atoms with Crippen molar-refractivity contribution in [3.05, 3.63) is 101 Å². The minimum Gasteiger partial charge on any atom is -0.483 e. The number of rotatable bonds is 9. The third kappa shape index (κ3) is 6.97. The molecule has 4 nitrogen and oxygen atoms in total. The van der Waals surface area contributed by atoms with E-state index < -0.39 is 29.1 Å². The zero-order valence-electron chi connectivity index (χ0n) is 21.6. The van der Waals surface area contributed by atoms with Crippen molar-refractivity contribution in [1.82, 2.24) is 10.2 Å². The van der Waals surface area contributed by atoms with Crippen molar-refractivity contribution in [2.24, 2.45) is 0 Å². The summed E-state index contributed by atoms with van der Waals surface area (Å²) in [6, 6.07) is 19.8. The molecule has 3 atom stereocenters. The van der Waals surface area contributed by atoms with Gasteiger partial charge in [-0.15, -0.1) is 0 Å². The van der Waals surface area contributed by atoms with E-state index in [1.165, 1.54) is 23.8 Å². The molecular weight excluding hydrogens is 534 g/mol. The number of hydrogen-bond donors (Lipinski definition) is 1. The lowest BCUT2D eigenvalue weighted by atomic mass is 9.88. The van der Waals surface area contributed by atoms with Gasteiger partial charge in [0.1, 0.15) is 18.1 Å². The molecule has 0 radical (unpaired) electrons. The number of hydrogen-bond acceptors (Lipinski definition) is 4. The number of alkyl halides is 6. The van der Waals surface area contributed by atoms with Crippen molar-refractivity contribution >= 4 is 0 Å². The summed E-state index contributed by atoms with van der Waals surface area (Å²) in [7, 11) is 0.